The van der Waals surface area contributed by atoms with Gasteiger partial charge in [-0.2, -0.15) is 4.98 Å². The Morgan fingerprint density at radius 2 is 1.88 bits per heavy atom. The van der Waals surface area contributed by atoms with E-state index >= 15 is 0 Å². The number of halogens is 1. The fraction of sp³-hybridized carbons (Fsp3) is 0.280. The van der Waals surface area contributed by atoms with Gasteiger partial charge in [-0.1, -0.05) is 23.4 Å². The molecule has 34 heavy (non-hydrogen) atoms. The highest BCUT2D eigenvalue weighted by Crippen LogP contribution is 2.23. The number of carbonyl (C=O) groups is 2. The number of aromatic nitrogens is 2. The molecule has 0 bridgehead atoms. The van der Waals surface area contributed by atoms with Crippen LogP contribution in [0.4, 0.5) is 10.1 Å². The number of hydrogen-bond acceptors (Lipinski definition) is 6. The molecule has 0 atom stereocenters. The van der Waals surface area contributed by atoms with Gasteiger partial charge in [-0.3, -0.25) is 14.5 Å². The molecule has 3 aromatic rings. The van der Waals surface area contributed by atoms with E-state index in [9.17, 15) is 14.0 Å². The van der Waals surface area contributed by atoms with E-state index in [0.29, 0.717) is 67.6 Å². The molecule has 2 aromatic carbocycles. The van der Waals surface area contributed by atoms with Crippen molar-refractivity contribution in [3.05, 3.63) is 78.5 Å². The average molecular weight is 464 g/mol. The standard InChI is InChI=1S/C25H26FN5O3/c1-2-13-27-25(33)20-5-3-4-6-21(20)28-24(32)18-11-14-31(15-12-18)16-22-29-23(30-34-22)17-7-9-19(26)10-8-17/h2-10,18H,1,11-16H2,(H,27,33)(H,28,32). The van der Waals surface area contributed by atoms with Gasteiger partial charge in [0.05, 0.1) is 17.8 Å². The number of rotatable bonds is 8. The topological polar surface area (TPSA) is 100 Å². The van der Waals surface area contributed by atoms with Crippen LogP contribution in [0.5, 0.6) is 0 Å². The van der Waals surface area contributed by atoms with E-state index in [0.717, 1.165) is 0 Å². The maximum absolute atomic E-state index is 13.1. The largest absolute Gasteiger partial charge is 0.349 e. The van der Waals surface area contributed by atoms with E-state index in [1.807, 2.05) is 0 Å². The lowest BCUT2D eigenvalue weighted by Gasteiger charge is -2.30. The number of benzene rings is 2. The van der Waals surface area contributed by atoms with Crippen LogP contribution < -0.4 is 10.6 Å². The first-order chi connectivity index (χ1) is 16.5. The van der Waals surface area contributed by atoms with Gasteiger partial charge in [-0.25, -0.2) is 4.39 Å². The van der Waals surface area contributed by atoms with Gasteiger partial charge in [0.15, 0.2) is 0 Å². The summed E-state index contributed by atoms with van der Waals surface area (Å²) >= 11 is 0. The minimum Gasteiger partial charge on any atom is -0.349 e. The minimum atomic E-state index is -0.321. The van der Waals surface area contributed by atoms with E-state index in [1.165, 1.54) is 12.1 Å². The zero-order valence-corrected chi connectivity index (χ0v) is 18.7. The van der Waals surface area contributed by atoms with Crippen molar-refractivity contribution < 1.29 is 18.5 Å². The lowest BCUT2D eigenvalue weighted by molar-refractivity contribution is -0.121. The fourth-order valence-electron chi connectivity index (χ4n) is 3.86. The zero-order chi connectivity index (χ0) is 23.9. The maximum Gasteiger partial charge on any atom is 0.253 e. The number of carbonyl (C=O) groups excluding carboxylic acids is 2. The predicted octanol–water partition coefficient (Wildman–Crippen LogP) is 3.64. The van der Waals surface area contributed by atoms with Crippen molar-refractivity contribution in [2.45, 2.75) is 19.4 Å². The molecule has 0 unspecified atom stereocenters. The highest BCUT2D eigenvalue weighted by Gasteiger charge is 2.27. The van der Waals surface area contributed by atoms with Crippen LogP contribution in [-0.2, 0) is 11.3 Å². The molecule has 8 nitrogen and oxygen atoms in total. The van der Waals surface area contributed by atoms with Gasteiger partial charge < -0.3 is 15.2 Å². The maximum atomic E-state index is 13.1. The van der Waals surface area contributed by atoms with Crippen molar-refractivity contribution >= 4 is 17.5 Å². The molecule has 1 fully saturated rings. The molecular formula is C25H26FN5O3. The normalized spacial score (nSPS) is 14.5. The third-order valence-corrected chi connectivity index (χ3v) is 5.72. The minimum absolute atomic E-state index is 0.0972. The van der Waals surface area contributed by atoms with Crippen LogP contribution in [0.25, 0.3) is 11.4 Å². The Morgan fingerprint density at radius 1 is 1.15 bits per heavy atom. The molecule has 176 valence electrons. The third kappa shape index (κ3) is 5.74. The lowest BCUT2D eigenvalue weighted by atomic mass is 9.95. The van der Waals surface area contributed by atoms with E-state index < -0.39 is 0 Å². The predicted molar refractivity (Wildman–Crippen MR) is 125 cm³/mol. The van der Waals surface area contributed by atoms with Crippen LogP contribution in [0.3, 0.4) is 0 Å². The SMILES string of the molecule is C=CCNC(=O)c1ccccc1NC(=O)C1CCN(Cc2nc(-c3ccc(F)cc3)no2)CC1. The molecule has 4 rings (SSSR count). The molecule has 1 aliphatic heterocycles. The summed E-state index contributed by atoms with van der Waals surface area (Å²) in [6.45, 7) is 5.83. The fourth-order valence-corrected chi connectivity index (χ4v) is 3.86. The van der Waals surface area contributed by atoms with Crippen molar-refractivity contribution in [2.75, 3.05) is 25.0 Å². The summed E-state index contributed by atoms with van der Waals surface area (Å²) in [5.41, 5.74) is 1.60. The Morgan fingerprint density at radius 3 is 2.62 bits per heavy atom. The van der Waals surface area contributed by atoms with Crippen LogP contribution in [0.1, 0.15) is 29.1 Å². The highest BCUT2D eigenvalue weighted by atomic mass is 19.1. The average Bonchev–Trinajstić information content (AvgIpc) is 3.32. The second-order valence-electron chi connectivity index (χ2n) is 8.10. The second-order valence-corrected chi connectivity index (χ2v) is 8.10. The number of piperidine rings is 1. The summed E-state index contributed by atoms with van der Waals surface area (Å²) in [5, 5.41) is 9.62. The van der Waals surface area contributed by atoms with Gasteiger partial charge in [-0.05, 0) is 62.3 Å². The summed E-state index contributed by atoms with van der Waals surface area (Å²) < 4.78 is 18.5. The van der Waals surface area contributed by atoms with Gasteiger partial charge in [0.25, 0.3) is 5.91 Å². The molecule has 2 heterocycles. The molecule has 0 spiro atoms. The van der Waals surface area contributed by atoms with E-state index in [1.54, 1.807) is 42.5 Å². The Balaban J connectivity index is 1.30. The molecule has 1 aliphatic rings. The Hall–Kier alpha value is -3.85. The first-order valence-electron chi connectivity index (χ1n) is 11.1. The second kappa shape index (κ2) is 10.8. The Bertz CT molecular complexity index is 1150. The summed E-state index contributed by atoms with van der Waals surface area (Å²) in [6, 6.07) is 12.9. The van der Waals surface area contributed by atoms with Crippen LogP contribution in [-0.4, -0.2) is 46.5 Å². The first kappa shape index (κ1) is 23.3. The number of nitrogens with zero attached hydrogens (tertiary/aromatic N) is 3. The van der Waals surface area contributed by atoms with Crippen LogP contribution in [0.15, 0.2) is 65.7 Å². The van der Waals surface area contributed by atoms with Crippen molar-refractivity contribution in [3.63, 3.8) is 0 Å². The Kier molecular flexibility index (Phi) is 7.44. The number of hydrogen-bond donors (Lipinski definition) is 2. The number of anilines is 1. The molecule has 9 heteroatoms. The summed E-state index contributed by atoms with van der Waals surface area (Å²) in [4.78, 5) is 31.8. The highest BCUT2D eigenvalue weighted by molar-refractivity contribution is 6.04. The third-order valence-electron chi connectivity index (χ3n) is 5.72. The van der Waals surface area contributed by atoms with Crippen LogP contribution in [0, 0.1) is 11.7 Å². The van der Waals surface area contributed by atoms with Gasteiger partial charge in [0.2, 0.25) is 17.6 Å². The van der Waals surface area contributed by atoms with Crippen molar-refractivity contribution in [1.29, 1.82) is 0 Å². The zero-order valence-electron chi connectivity index (χ0n) is 18.7. The molecule has 2 N–H and O–H groups in total. The monoisotopic (exact) mass is 463 g/mol. The van der Waals surface area contributed by atoms with E-state index in [4.69, 9.17) is 4.52 Å². The quantitative estimate of drug-likeness (QED) is 0.495. The van der Waals surface area contributed by atoms with Crippen molar-refractivity contribution in [1.82, 2.24) is 20.4 Å². The number of amides is 2. The van der Waals surface area contributed by atoms with E-state index in [2.05, 4.69) is 32.3 Å². The van der Waals surface area contributed by atoms with Gasteiger partial charge in [-0.15, -0.1) is 6.58 Å². The summed E-state index contributed by atoms with van der Waals surface area (Å²) in [6.07, 6.45) is 2.95. The number of nitrogens with one attached hydrogen (secondary N) is 2. The Labute approximate surface area is 196 Å². The molecular weight excluding hydrogens is 437 g/mol. The molecule has 2 amide bonds. The smallest absolute Gasteiger partial charge is 0.253 e. The summed E-state index contributed by atoms with van der Waals surface area (Å²) in [7, 11) is 0. The lowest BCUT2D eigenvalue weighted by Crippen LogP contribution is -2.38. The molecule has 0 saturated carbocycles. The van der Waals surface area contributed by atoms with Gasteiger partial charge >= 0.3 is 0 Å². The van der Waals surface area contributed by atoms with Crippen LogP contribution >= 0.6 is 0 Å². The number of para-hydroxylation sites is 1. The van der Waals surface area contributed by atoms with Crippen LogP contribution in [0.2, 0.25) is 0 Å². The van der Waals surface area contributed by atoms with Crippen molar-refractivity contribution in [3.8, 4) is 11.4 Å². The molecule has 0 radical (unpaired) electrons. The summed E-state index contributed by atoms with van der Waals surface area (Å²) in [5.74, 6) is 0.0590. The first-order valence-corrected chi connectivity index (χ1v) is 11.1. The van der Waals surface area contributed by atoms with Crippen molar-refractivity contribution in [2.24, 2.45) is 5.92 Å². The molecule has 0 aliphatic carbocycles. The van der Waals surface area contributed by atoms with Gasteiger partial charge in [0.1, 0.15) is 5.82 Å². The number of likely N-dealkylation sites (tertiary alicyclic amines) is 1. The molecule has 1 aromatic heterocycles. The molecule has 1 saturated heterocycles. The van der Waals surface area contributed by atoms with E-state index in [-0.39, 0.29) is 23.5 Å². The van der Waals surface area contributed by atoms with Gasteiger partial charge in [0, 0.05) is 18.0 Å².